The number of anilines is 2. The topological polar surface area (TPSA) is 80.1 Å². The lowest BCUT2D eigenvalue weighted by Gasteiger charge is -2.10. The summed E-state index contributed by atoms with van der Waals surface area (Å²) in [5, 5.41) is 5.18. The SMILES string of the molecule is O=C(Cc1csc(N2CCCC2=O)n1)Nc1ccc(-c2nc3ccccc3n2C(F)F)cc1. The second-order valence-corrected chi connectivity index (χ2v) is 8.48. The number of alkyl halides is 2. The molecule has 168 valence electrons. The zero-order valence-electron chi connectivity index (χ0n) is 17.4. The van der Waals surface area contributed by atoms with E-state index < -0.39 is 6.55 Å². The van der Waals surface area contributed by atoms with Gasteiger partial charge in [0.25, 0.3) is 0 Å². The number of amides is 2. The van der Waals surface area contributed by atoms with Crippen molar-refractivity contribution < 1.29 is 18.4 Å². The van der Waals surface area contributed by atoms with Gasteiger partial charge >= 0.3 is 6.55 Å². The van der Waals surface area contributed by atoms with Crippen LogP contribution < -0.4 is 10.2 Å². The average molecular weight is 468 g/mol. The number of carbonyl (C=O) groups is 2. The van der Waals surface area contributed by atoms with Crippen molar-refractivity contribution in [3.05, 3.63) is 59.6 Å². The number of para-hydroxylation sites is 2. The van der Waals surface area contributed by atoms with E-state index in [1.54, 1.807) is 58.8 Å². The summed E-state index contributed by atoms with van der Waals surface area (Å²) in [5.74, 6) is -0.0384. The Morgan fingerprint density at radius 2 is 1.91 bits per heavy atom. The van der Waals surface area contributed by atoms with E-state index in [0.717, 1.165) is 11.0 Å². The van der Waals surface area contributed by atoms with Crippen LogP contribution in [0.1, 0.15) is 25.1 Å². The molecule has 2 aromatic heterocycles. The molecular formula is C23H19F2N5O2S. The van der Waals surface area contributed by atoms with Crippen molar-refractivity contribution in [1.82, 2.24) is 14.5 Å². The third-order valence-corrected chi connectivity index (χ3v) is 6.32. The summed E-state index contributed by atoms with van der Waals surface area (Å²) in [4.78, 5) is 34.7. The molecule has 0 radical (unpaired) electrons. The van der Waals surface area contributed by atoms with Crippen LogP contribution in [-0.2, 0) is 16.0 Å². The Bertz CT molecular complexity index is 1330. The molecule has 1 saturated heterocycles. The van der Waals surface area contributed by atoms with Crippen LogP contribution in [0.4, 0.5) is 19.6 Å². The molecule has 0 unspecified atom stereocenters. The molecule has 1 N–H and O–H groups in total. The molecule has 7 nitrogen and oxygen atoms in total. The van der Waals surface area contributed by atoms with E-state index in [2.05, 4.69) is 15.3 Å². The largest absolute Gasteiger partial charge is 0.326 e. The zero-order chi connectivity index (χ0) is 22.9. The fourth-order valence-electron chi connectivity index (χ4n) is 3.87. The van der Waals surface area contributed by atoms with Crippen LogP contribution in [0.15, 0.2) is 53.9 Å². The number of nitrogens with zero attached hydrogens (tertiary/aromatic N) is 4. The highest BCUT2D eigenvalue weighted by Gasteiger charge is 2.24. The van der Waals surface area contributed by atoms with Crippen molar-refractivity contribution in [3.63, 3.8) is 0 Å². The lowest BCUT2D eigenvalue weighted by molar-refractivity contribution is -0.117. The first kappa shape index (κ1) is 21.2. The summed E-state index contributed by atoms with van der Waals surface area (Å²) in [6.45, 7) is -2.07. The molecule has 1 fully saturated rings. The summed E-state index contributed by atoms with van der Waals surface area (Å²) in [7, 11) is 0. The van der Waals surface area contributed by atoms with Crippen LogP contribution in [0, 0.1) is 0 Å². The average Bonchev–Trinajstić information content (AvgIpc) is 3.52. The van der Waals surface area contributed by atoms with Crippen LogP contribution in [0.3, 0.4) is 0 Å². The predicted octanol–water partition coefficient (Wildman–Crippen LogP) is 4.86. The fourth-order valence-corrected chi connectivity index (χ4v) is 4.74. The number of halogens is 2. The molecule has 2 amide bonds. The summed E-state index contributed by atoms with van der Waals surface area (Å²) in [6, 6.07) is 13.3. The molecule has 2 aromatic carbocycles. The molecule has 0 atom stereocenters. The van der Waals surface area contributed by atoms with Gasteiger partial charge in [-0.2, -0.15) is 8.78 Å². The molecule has 0 aliphatic carbocycles. The molecule has 1 aliphatic rings. The lowest BCUT2D eigenvalue weighted by Crippen LogP contribution is -2.23. The number of hydrogen-bond donors (Lipinski definition) is 1. The first-order valence-corrected chi connectivity index (χ1v) is 11.3. The van der Waals surface area contributed by atoms with Crippen LogP contribution in [0.25, 0.3) is 22.4 Å². The Morgan fingerprint density at radius 3 is 2.64 bits per heavy atom. The second kappa shape index (κ2) is 8.70. The monoisotopic (exact) mass is 467 g/mol. The fraction of sp³-hybridized carbons (Fsp3) is 0.217. The first-order chi connectivity index (χ1) is 16.0. The van der Waals surface area contributed by atoms with E-state index in [-0.39, 0.29) is 24.1 Å². The van der Waals surface area contributed by atoms with Gasteiger partial charge in [0.15, 0.2) is 5.13 Å². The minimum absolute atomic E-state index is 0.0563. The molecule has 0 bridgehead atoms. The standard InChI is InChI=1S/C23H19F2N5O2S/c24-22(25)30-18-5-2-1-4-17(18)28-21(30)14-7-9-15(10-8-14)26-19(31)12-16-13-33-23(27-16)29-11-3-6-20(29)32/h1-2,4-5,7-10,13,22H,3,6,11-12H2,(H,26,31). The number of benzene rings is 2. The summed E-state index contributed by atoms with van der Waals surface area (Å²) in [5.41, 5.74) is 2.49. The van der Waals surface area contributed by atoms with Crippen molar-refractivity contribution in [1.29, 1.82) is 0 Å². The van der Waals surface area contributed by atoms with Crippen molar-refractivity contribution >= 4 is 45.0 Å². The third kappa shape index (κ3) is 4.21. The number of fused-ring (bicyclic) bond motifs is 1. The van der Waals surface area contributed by atoms with Gasteiger partial charge in [-0.05, 0) is 42.8 Å². The minimum atomic E-state index is -2.73. The maximum Gasteiger partial charge on any atom is 0.320 e. The number of thiazole rings is 1. The summed E-state index contributed by atoms with van der Waals surface area (Å²) in [6.07, 6.45) is 1.41. The molecule has 10 heteroatoms. The van der Waals surface area contributed by atoms with Crippen molar-refractivity contribution in [2.24, 2.45) is 0 Å². The molecule has 3 heterocycles. The lowest BCUT2D eigenvalue weighted by atomic mass is 10.2. The minimum Gasteiger partial charge on any atom is -0.326 e. The highest BCUT2D eigenvalue weighted by atomic mass is 32.1. The highest BCUT2D eigenvalue weighted by molar-refractivity contribution is 7.14. The molecule has 0 saturated carbocycles. The Morgan fingerprint density at radius 1 is 1.12 bits per heavy atom. The Balaban J connectivity index is 1.28. The number of aromatic nitrogens is 3. The van der Waals surface area contributed by atoms with Gasteiger partial charge in [0, 0.05) is 29.6 Å². The predicted molar refractivity (Wildman–Crippen MR) is 122 cm³/mol. The van der Waals surface area contributed by atoms with Gasteiger partial charge < -0.3 is 5.32 Å². The van der Waals surface area contributed by atoms with Crippen LogP contribution in [0.5, 0.6) is 0 Å². The second-order valence-electron chi connectivity index (χ2n) is 7.64. The molecule has 4 aromatic rings. The molecular weight excluding hydrogens is 448 g/mol. The number of imidazole rings is 1. The maximum atomic E-state index is 13.7. The Hall–Kier alpha value is -3.66. The number of rotatable bonds is 6. The number of hydrogen-bond acceptors (Lipinski definition) is 5. The van der Waals surface area contributed by atoms with Crippen LogP contribution in [0.2, 0.25) is 0 Å². The van der Waals surface area contributed by atoms with Gasteiger partial charge in [-0.3, -0.25) is 19.1 Å². The van der Waals surface area contributed by atoms with Gasteiger partial charge in [0.05, 0.1) is 23.1 Å². The van der Waals surface area contributed by atoms with Crippen molar-refractivity contribution in [2.75, 3.05) is 16.8 Å². The molecule has 33 heavy (non-hydrogen) atoms. The van der Waals surface area contributed by atoms with Gasteiger partial charge in [0.1, 0.15) is 5.82 Å². The first-order valence-electron chi connectivity index (χ1n) is 10.4. The van der Waals surface area contributed by atoms with E-state index >= 15 is 0 Å². The van der Waals surface area contributed by atoms with Gasteiger partial charge in [-0.15, -0.1) is 11.3 Å². The van der Waals surface area contributed by atoms with Crippen LogP contribution >= 0.6 is 11.3 Å². The van der Waals surface area contributed by atoms with E-state index in [0.29, 0.717) is 46.1 Å². The van der Waals surface area contributed by atoms with E-state index in [9.17, 15) is 18.4 Å². The van der Waals surface area contributed by atoms with Crippen molar-refractivity contribution in [2.45, 2.75) is 25.8 Å². The molecule has 1 aliphatic heterocycles. The van der Waals surface area contributed by atoms with Gasteiger partial charge in [-0.25, -0.2) is 9.97 Å². The van der Waals surface area contributed by atoms with Gasteiger partial charge in [0.2, 0.25) is 11.8 Å². The molecule has 5 rings (SSSR count). The van der Waals surface area contributed by atoms with E-state index in [4.69, 9.17) is 0 Å². The van der Waals surface area contributed by atoms with E-state index in [1.807, 2.05) is 0 Å². The summed E-state index contributed by atoms with van der Waals surface area (Å²) < 4.78 is 28.3. The smallest absolute Gasteiger partial charge is 0.320 e. The number of carbonyl (C=O) groups excluding carboxylic acids is 2. The third-order valence-electron chi connectivity index (χ3n) is 5.40. The number of nitrogens with one attached hydrogen (secondary N) is 1. The molecule has 0 spiro atoms. The van der Waals surface area contributed by atoms with Gasteiger partial charge in [-0.1, -0.05) is 12.1 Å². The zero-order valence-corrected chi connectivity index (χ0v) is 18.2. The van der Waals surface area contributed by atoms with E-state index in [1.165, 1.54) is 11.3 Å². The summed E-state index contributed by atoms with van der Waals surface area (Å²) >= 11 is 1.35. The Labute approximate surface area is 191 Å². The van der Waals surface area contributed by atoms with Crippen LogP contribution in [-0.4, -0.2) is 32.9 Å². The highest BCUT2D eigenvalue weighted by Crippen LogP contribution is 2.30. The quantitative estimate of drug-likeness (QED) is 0.439. The normalized spacial score (nSPS) is 13.9. The maximum absolute atomic E-state index is 13.7. The van der Waals surface area contributed by atoms with Crippen molar-refractivity contribution in [3.8, 4) is 11.4 Å². The Kier molecular flexibility index (Phi) is 5.59.